The fourth-order valence-electron chi connectivity index (χ4n) is 3.41. The summed E-state index contributed by atoms with van der Waals surface area (Å²) in [5.41, 5.74) is 1.83. The molecule has 0 atom stereocenters. The molecule has 0 fully saturated rings. The van der Waals surface area contributed by atoms with E-state index in [1.54, 1.807) is 12.4 Å². The zero-order valence-corrected chi connectivity index (χ0v) is 17.9. The fraction of sp³-hybridized carbons (Fsp3) is 0.625. The molecule has 3 heteroatoms. The van der Waals surface area contributed by atoms with Crippen LogP contribution >= 0.6 is 0 Å². The quantitative estimate of drug-likeness (QED) is 0.175. The van der Waals surface area contributed by atoms with Gasteiger partial charge in [-0.1, -0.05) is 84.4 Å². The minimum Gasteiger partial charge on any atom is -0.491 e. The van der Waals surface area contributed by atoms with E-state index in [1.165, 1.54) is 64.2 Å². The van der Waals surface area contributed by atoms with Gasteiger partial charge in [0.2, 0.25) is 0 Å². The number of ether oxygens (including phenoxy) is 1. The van der Waals surface area contributed by atoms with Gasteiger partial charge in [-0.3, -0.25) is 0 Å². The van der Waals surface area contributed by atoms with Crippen LogP contribution in [0, 0.1) is 5.92 Å². The van der Waals surface area contributed by atoms with Crippen molar-refractivity contribution >= 4 is 11.8 Å². The minimum absolute atomic E-state index is 0.614. The lowest BCUT2D eigenvalue weighted by Gasteiger charge is -2.19. The number of rotatable bonds is 16. The first-order valence-corrected chi connectivity index (χ1v) is 10.8. The van der Waals surface area contributed by atoms with E-state index in [0.717, 1.165) is 23.8 Å². The number of aromatic nitrogens is 2. The first-order chi connectivity index (χ1) is 13.2. The zero-order chi connectivity index (χ0) is 19.9. The van der Waals surface area contributed by atoms with Crippen molar-refractivity contribution in [3.8, 4) is 0 Å². The van der Waals surface area contributed by atoms with E-state index in [9.17, 15) is 0 Å². The van der Waals surface area contributed by atoms with Crippen molar-refractivity contribution in [2.45, 2.75) is 78.1 Å². The molecule has 1 aromatic heterocycles. The van der Waals surface area contributed by atoms with Gasteiger partial charge in [0.05, 0.1) is 18.6 Å². The highest BCUT2D eigenvalue weighted by Crippen LogP contribution is 2.24. The van der Waals surface area contributed by atoms with E-state index in [2.05, 4.69) is 32.0 Å². The summed E-state index contributed by atoms with van der Waals surface area (Å²) in [4.78, 5) is 4.51. The average molecular weight is 373 g/mol. The Morgan fingerprint density at radius 2 is 1.70 bits per heavy atom. The van der Waals surface area contributed by atoms with Crippen LogP contribution in [0.1, 0.15) is 89.4 Å². The molecule has 1 rings (SSSR count). The lowest BCUT2D eigenvalue weighted by molar-refractivity contribution is 0.195. The summed E-state index contributed by atoms with van der Waals surface area (Å²) in [6, 6.07) is 0. The Bertz CT molecular complexity index is 559. The van der Waals surface area contributed by atoms with Crippen LogP contribution in [-0.4, -0.2) is 16.2 Å². The summed E-state index contributed by atoms with van der Waals surface area (Å²) in [6.45, 7) is 13.0. The van der Waals surface area contributed by atoms with Gasteiger partial charge in [-0.05, 0) is 30.9 Å². The van der Waals surface area contributed by atoms with Crippen molar-refractivity contribution in [2.75, 3.05) is 6.61 Å². The number of aryl methyl sites for hydroxylation is 1. The molecule has 0 aliphatic rings. The van der Waals surface area contributed by atoms with Crippen molar-refractivity contribution in [3.05, 3.63) is 43.0 Å². The molecule has 0 spiro atoms. The number of imidazole rings is 1. The zero-order valence-electron chi connectivity index (χ0n) is 17.9. The average Bonchev–Trinajstić information content (AvgIpc) is 3.05. The molecule has 0 bridgehead atoms. The second-order valence-corrected chi connectivity index (χ2v) is 7.44. The van der Waals surface area contributed by atoms with Crippen LogP contribution < -0.4 is 0 Å². The molecule has 0 unspecified atom stereocenters. The third-order valence-corrected chi connectivity index (χ3v) is 5.09. The van der Waals surface area contributed by atoms with Crippen molar-refractivity contribution in [1.82, 2.24) is 9.55 Å². The summed E-state index contributed by atoms with van der Waals surface area (Å²) in [5.74, 6) is 1.41. The highest BCUT2D eigenvalue weighted by molar-refractivity contribution is 5.66. The highest BCUT2D eigenvalue weighted by Gasteiger charge is 2.15. The van der Waals surface area contributed by atoms with E-state index in [4.69, 9.17) is 4.74 Å². The van der Waals surface area contributed by atoms with Crippen LogP contribution in [0.3, 0.4) is 0 Å². The second kappa shape index (κ2) is 14.3. The fourth-order valence-corrected chi connectivity index (χ4v) is 3.41. The third-order valence-electron chi connectivity index (χ3n) is 5.09. The molecule has 0 aromatic carbocycles. The van der Waals surface area contributed by atoms with Crippen LogP contribution in [0.25, 0.3) is 11.8 Å². The largest absolute Gasteiger partial charge is 0.491 e. The normalized spacial score (nSPS) is 11.8. The van der Waals surface area contributed by atoms with E-state index < -0.39 is 0 Å². The maximum absolute atomic E-state index is 6.27. The Kier molecular flexibility index (Phi) is 12.3. The Balaban J connectivity index is 2.70. The topological polar surface area (TPSA) is 27.1 Å². The van der Waals surface area contributed by atoms with Gasteiger partial charge in [-0.25, -0.2) is 4.98 Å². The third kappa shape index (κ3) is 8.64. The molecular formula is C24H40N2O. The van der Waals surface area contributed by atoms with Crippen molar-refractivity contribution in [2.24, 2.45) is 13.0 Å². The molecule has 0 N–H and O–H groups in total. The van der Waals surface area contributed by atoms with Gasteiger partial charge in [0.25, 0.3) is 0 Å². The summed E-state index contributed by atoms with van der Waals surface area (Å²) in [5, 5.41) is 0. The molecule has 0 radical (unpaired) electrons. The van der Waals surface area contributed by atoms with Crippen LogP contribution in [0.5, 0.6) is 0 Å². The summed E-state index contributed by atoms with van der Waals surface area (Å²) < 4.78 is 8.23. The molecule has 0 saturated heterocycles. The molecular weight excluding hydrogens is 332 g/mol. The summed E-state index contributed by atoms with van der Waals surface area (Å²) in [7, 11) is 1.98. The Morgan fingerprint density at radius 3 is 2.22 bits per heavy atom. The lowest BCUT2D eigenvalue weighted by Crippen LogP contribution is -2.10. The molecule has 152 valence electrons. The van der Waals surface area contributed by atoms with Gasteiger partial charge in [-0.15, -0.1) is 0 Å². The summed E-state index contributed by atoms with van der Waals surface area (Å²) >= 11 is 0. The maximum Gasteiger partial charge on any atom is 0.147 e. The molecule has 0 aliphatic heterocycles. The minimum atomic E-state index is 0.614. The van der Waals surface area contributed by atoms with E-state index in [1.807, 2.05) is 23.8 Å². The number of nitrogens with zero attached hydrogens (tertiary/aromatic N) is 2. The molecule has 27 heavy (non-hydrogen) atoms. The highest BCUT2D eigenvalue weighted by atomic mass is 16.5. The smallest absolute Gasteiger partial charge is 0.147 e. The number of allylic oxidation sites excluding steroid dienone is 2. The predicted octanol–water partition coefficient (Wildman–Crippen LogP) is 7.16. The SMILES string of the molecule is C=C/C=C(/OCC(CCCCCC)CCCCCC)c1ncn(C)c1C=C. The molecule has 3 nitrogen and oxygen atoms in total. The first-order valence-electron chi connectivity index (χ1n) is 10.8. The molecule has 0 amide bonds. The van der Waals surface area contributed by atoms with E-state index >= 15 is 0 Å². The van der Waals surface area contributed by atoms with Crippen molar-refractivity contribution in [3.63, 3.8) is 0 Å². The number of hydrogen-bond acceptors (Lipinski definition) is 2. The number of hydrogen-bond donors (Lipinski definition) is 0. The first kappa shape index (κ1) is 23.3. The standard InChI is InChI=1S/C24H40N2O/c1-6-10-12-14-17-21(18-15-13-11-7-2)19-27-23(16-8-3)24-22(9-4)26(5)20-25-24/h8-9,16,20-21H,3-4,6-7,10-15,17-19H2,1-2,5H3/b23-16+. The second-order valence-electron chi connectivity index (χ2n) is 7.44. The van der Waals surface area contributed by atoms with Gasteiger partial charge >= 0.3 is 0 Å². The van der Waals surface area contributed by atoms with E-state index in [-0.39, 0.29) is 0 Å². The van der Waals surface area contributed by atoms with E-state index in [0.29, 0.717) is 5.92 Å². The van der Waals surface area contributed by atoms with Crippen molar-refractivity contribution < 1.29 is 4.74 Å². The summed E-state index contributed by atoms with van der Waals surface area (Å²) in [6.07, 6.45) is 20.3. The predicted molar refractivity (Wildman–Crippen MR) is 118 cm³/mol. The molecule has 0 aliphatic carbocycles. The van der Waals surface area contributed by atoms with Gasteiger partial charge in [0.15, 0.2) is 0 Å². The molecule has 1 heterocycles. The molecule has 1 aromatic rings. The Morgan fingerprint density at radius 1 is 1.07 bits per heavy atom. The van der Waals surface area contributed by atoms with Crippen LogP contribution in [0.15, 0.2) is 31.6 Å². The maximum atomic E-state index is 6.27. The monoisotopic (exact) mass is 372 g/mol. The van der Waals surface area contributed by atoms with Crippen LogP contribution in [0.4, 0.5) is 0 Å². The Hall–Kier alpha value is -1.77. The van der Waals surface area contributed by atoms with Gasteiger partial charge in [0, 0.05) is 7.05 Å². The van der Waals surface area contributed by atoms with Gasteiger partial charge in [0.1, 0.15) is 11.5 Å². The van der Waals surface area contributed by atoms with Gasteiger partial charge < -0.3 is 9.30 Å². The number of unbranched alkanes of at least 4 members (excludes halogenated alkanes) is 6. The lowest BCUT2D eigenvalue weighted by atomic mass is 9.95. The molecule has 0 saturated carbocycles. The van der Waals surface area contributed by atoms with Gasteiger partial charge in [-0.2, -0.15) is 0 Å². The van der Waals surface area contributed by atoms with Crippen LogP contribution in [0.2, 0.25) is 0 Å². The van der Waals surface area contributed by atoms with Crippen LogP contribution in [-0.2, 0) is 11.8 Å². The Labute approximate surface area is 167 Å². The van der Waals surface area contributed by atoms with Crippen molar-refractivity contribution in [1.29, 1.82) is 0 Å².